The monoisotopic (exact) mass is 480 g/mol. The number of nitrogens with one attached hydrogen (secondary N) is 1. The van der Waals surface area contributed by atoms with Gasteiger partial charge in [0.2, 0.25) is 0 Å². The molecule has 1 saturated heterocycles. The number of amides is 1. The summed E-state index contributed by atoms with van der Waals surface area (Å²) in [5.74, 6) is 0.0760. The molecule has 192 valence electrons. The minimum Gasteiger partial charge on any atom is -0.447 e. The van der Waals surface area contributed by atoms with Gasteiger partial charge in [0.05, 0.1) is 26.4 Å². The number of thioether (sulfide) groups is 1. The molecule has 0 aromatic carbocycles. The average Bonchev–Trinajstić information content (AvgIpc) is 2.84. The topological polar surface area (TPSA) is 94.2 Å². The van der Waals surface area contributed by atoms with E-state index in [1.54, 1.807) is 4.90 Å². The minimum atomic E-state index is -0.219. The number of nitrogens with zero attached hydrogens (tertiary/aromatic N) is 1. The molecule has 8 nitrogen and oxygen atoms in total. The highest BCUT2D eigenvalue weighted by atomic mass is 32.2. The first-order valence-electron chi connectivity index (χ1n) is 11.7. The number of hydrogen-bond donors (Lipinski definition) is 1. The molecule has 0 atom stereocenters. The van der Waals surface area contributed by atoms with Gasteiger partial charge >= 0.3 is 6.09 Å². The smallest absolute Gasteiger partial charge is 0.409 e. The van der Waals surface area contributed by atoms with Gasteiger partial charge in [0, 0.05) is 37.7 Å². The van der Waals surface area contributed by atoms with Crippen LogP contribution in [0.5, 0.6) is 0 Å². The van der Waals surface area contributed by atoms with Gasteiger partial charge in [0.15, 0.2) is 0 Å². The fourth-order valence-corrected chi connectivity index (χ4v) is 2.99. The van der Waals surface area contributed by atoms with E-state index < -0.39 is 0 Å². The number of likely N-dealkylation sites (tertiary alicyclic amines) is 1. The molecule has 0 aromatic heterocycles. The Morgan fingerprint density at radius 2 is 1.53 bits per heavy atom. The number of piperidine rings is 1. The first-order chi connectivity index (χ1) is 15.5. The molecule has 1 aliphatic heterocycles. The Bertz CT molecular complexity index is 419. The zero-order valence-electron chi connectivity index (χ0n) is 21.4. The first kappa shape index (κ1) is 35.4. The lowest BCUT2D eigenvalue weighted by molar-refractivity contribution is -0.118. The third kappa shape index (κ3) is 25.1. The molecule has 1 rings (SSSR count). The van der Waals surface area contributed by atoms with Gasteiger partial charge in [-0.1, -0.05) is 27.7 Å². The third-order valence-electron chi connectivity index (χ3n) is 3.97. The van der Waals surface area contributed by atoms with Gasteiger partial charge in [-0.05, 0) is 33.1 Å². The Morgan fingerprint density at radius 3 is 1.97 bits per heavy atom. The van der Waals surface area contributed by atoms with Crippen LogP contribution in [-0.2, 0) is 23.8 Å². The van der Waals surface area contributed by atoms with Crippen molar-refractivity contribution in [3.8, 4) is 0 Å². The van der Waals surface area contributed by atoms with Crippen molar-refractivity contribution in [1.29, 1.82) is 0 Å². The van der Waals surface area contributed by atoms with E-state index in [0.717, 1.165) is 38.8 Å². The van der Waals surface area contributed by atoms with Crippen LogP contribution < -0.4 is 5.32 Å². The van der Waals surface area contributed by atoms with Crippen molar-refractivity contribution < 1.29 is 28.6 Å². The van der Waals surface area contributed by atoms with Crippen molar-refractivity contribution in [2.75, 3.05) is 66.0 Å². The second kappa shape index (κ2) is 29.8. The molecule has 1 heterocycles. The minimum absolute atomic E-state index is 0.0760. The van der Waals surface area contributed by atoms with E-state index in [2.05, 4.69) is 11.6 Å². The van der Waals surface area contributed by atoms with Crippen LogP contribution in [0.25, 0.3) is 0 Å². The molecule has 0 spiro atoms. The van der Waals surface area contributed by atoms with Crippen molar-refractivity contribution in [1.82, 2.24) is 10.2 Å². The molecule has 0 saturated carbocycles. The molecule has 0 aliphatic carbocycles. The van der Waals surface area contributed by atoms with Crippen molar-refractivity contribution in [3.05, 3.63) is 0 Å². The van der Waals surface area contributed by atoms with Gasteiger partial charge in [-0.25, -0.2) is 4.79 Å². The molecule has 0 bridgehead atoms. The maximum atomic E-state index is 11.8. The van der Waals surface area contributed by atoms with Crippen LogP contribution in [0.1, 0.15) is 60.3 Å². The molecule has 1 amide bonds. The van der Waals surface area contributed by atoms with Crippen LogP contribution in [0.3, 0.4) is 0 Å². The van der Waals surface area contributed by atoms with Crippen molar-refractivity contribution in [3.63, 3.8) is 0 Å². The molecule has 1 N–H and O–H groups in total. The maximum Gasteiger partial charge on any atom is 0.409 e. The van der Waals surface area contributed by atoms with Crippen LogP contribution in [0.15, 0.2) is 0 Å². The lowest BCUT2D eigenvalue weighted by atomic mass is 10.1. The molecule has 9 heteroatoms. The predicted molar refractivity (Wildman–Crippen MR) is 134 cm³/mol. The predicted octanol–water partition coefficient (Wildman–Crippen LogP) is 3.81. The van der Waals surface area contributed by atoms with Crippen LogP contribution in [0, 0.1) is 0 Å². The van der Waals surface area contributed by atoms with E-state index >= 15 is 0 Å². The SMILES string of the molecule is CC.CC.CC(=O)CCC=O.CNCCOCCOCCOC(=O)N1CCC(SC)CC1. The zero-order chi connectivity index (χ0) is 25.0. The van der Waals surface area contributed by atoms with Gasteiger partial charge in [-0.2, -0.15) is 11.8 Å². The molecular weight excluding hydrogens is 432 g/mol. The number of likely N-dealkylation sites (N-methyl/N-ethyl adjacent to an activating group) is 1. The lowest BCUT2D eigenvalue weighted by Gasteiger charge is -2.30. The fraction of sp³-hybridized carbons (Fsp3) is 0.870. The quantitative estimate of drug-likeness (QED) is 0.314. The Labute approximate surface area is 200 Å². The lowest BCUT2D eigenvalue weighted by Crippen LogP contribution is -2.40. The summed E-state index contributed by atoms with van der Waals surface area (Å²) in [5.41, 5.74) is 0. The summed E-state index contributed by atoms with van der Waals surface area (Å²) in [7, 11) is 1.89. The number of carbonyl (C=O) groups is 3. The molecule has 32 heavy (non-hydrogen) atoms. The molecule has 1 fully saturated rings. The largest absolute Gasteiger partial charge is 0.447 e. The van der Waals surface area contributed by atoms with Crippen LogP contribution in [-0.4, -0.2) is 94.3 Å². The van der Waals surface area contributed by atoms with Crippen molar-refractivity contribution in [2.45, 2.75) is 65.6 Å². The van der Waals surface area contributed by atoms with E-state index in [0.29, 0.717) is 51.1 Å². The summed E-state index contributed by atoms with van der Waals surface area (Å²) in [4.78, 5) is 33.2. The van der Waals surface area contributed by atoms with Gasteiger partial charge in [-0.15, -0.1) is 0 Å². The normalized spacial score (nSPS) is 12.8. The zero-order valence-corrected chi connectivity index (χ0v) is 22.3. The number of rotatable bonds is 13. The van der Waals surface area contributed by atoms with Gasteiger partial charge in [0.1, 0.15) is 18.7 Å². The highest BCUT2D eigenvalue weighted by Gasteiger charge is 2.22. The van der Waals surface area contributed by atoms with Crippen LogP contribution in [0.4, 0.5) is 4.79 Å². The second-order valence-corrected chi connectivity index (χ2v) is 7.41. The Kier molecular flexibility index (Phi) is 33.0. The number of hydrogen-bond acceptors (Lipinski definition) is 8. The second-order valence-electron chi connectivity index (χ2n) is 6.27. The van der Waals surface area contributed by atoms with Gasteiger partial charge in [0.25, 0.3) is 0 Å². The Morgan fingerprint density at radius 1 is 1.00 bits per heavy atom. The average molecular weight is 481 g/mol. The maximum absolute atomic E-state index is 11.8. The van der Waals surface area contributed by atoms with Crippen molar-refractivity contribution >= 4 is 29.9 Å². The molecule has 1 aliphatic rings. The summed E-state index contributed by atoms with van der Waals surface area (Å²) in [5, 5.41) is 3.68. The van der Waals surface area contributed by atoms with Gasteiger partial charge < -0.3 is 34.0 Å². The summed E-state index contributed by atoms with van der Waals surface area (Å²) in [6.45, 7) is 14.4. The summed E-state index contributed by atoms with van der Waals surface area (Å²) < 4.78 is 15.9. The molecule has 0 unspecified atom stereocenters. The van der Waals surface area contributed by atoms with E-state index in [-0.39, 0.29) is 11.9 Å². The molecule has 0 radical (unpaired) electrons. The highest BCUT2D eigenvalue weighted by Crippen LogP contribution is 2.21. The third-order valence-corrected chi connectivity index (χ3v) is 5.11. The Hall–Kier alpha value is -1.16. The standard InChI is InChI=1S/C14H28N2O4S.C5H8O2.2C2H6/c1-15-5-8-18-9-10-19-11-12-20-14(17)16-6-3-13(21-2)4-7-16;1-5(7)3-2-4-6;2*1-2/h13,15H,3-12H2,1-2H3;4H,2-3H2,1H3;2*1-2H3. The molecule has 0 aromatic rings. The van der Waals surface area contributed by atoms with E-state index in [9.17, 15) is 14.4 Å². The number of ketones is 1. The summed E-state index contributed by atoms with van der Waals surface area (Å²) in [6.07, 6.45) is 5.52. The summed E-state index contributed by atoms with van der Waals surface area (Å²) in [6, 6.07) is 0. The Balaban J connectivity index is -0.000000643. The van der Waals surface area contributed by atoms with E-state index in [1.807, 2.05) is 46.5 Å². The number of carbonyl (C=O) groups excluding carboxylic acids is 3. The van der Waals surface area contributed by atoms with E-state index in [1.165, 1.54) is 6.92 Å². The van der Waals surface area contributed by atoms with Gasteiger partial charge in [-0.3, -0.25) is 0 Å². The number of aldehydes is 1. The van der Waals surface area contributed by atoms with E-state index in [4.69, 9.17) is 14.2 Å². The fourth-order valence-electron chi connectivity index (χ4n) is 2.31. The van der Waals surface area contributed by atoms with Crippen LogP contribution in [0.2, 0.25) is 0 Å². The number of ether oxygens (including phenoxy) is 3. The highest BCUT2D eigenvalue weighted by molar-refractivity contribution is 7.99. The summed E-state index contributed by atoms with van der Waals surface area (Å²) >= 11 is 1.88. The number of Topliss-reactive ketones (excluding diaryl/α,β-unsaturated/α-hetero) is 1. The van der Waals surface area contributed by atoms with Crippen LogP contribution >= 0.6 is 11.8 Å². The molecular formula is C23H48N2O6S. The first-order valence-corrected chi connectivity index (χ1v) is 13.0. The van der Waals surface area contributed by atoms with Crippen molar-refractivity contribution in [2.24, 2.45) is 0 Å².